The molecule has 1 saturated heterocycles. The van der Waals surface area contributed by atoms with Crippen molar-refractivity contribution < 1.29 is 5.11 Å². The number of rotatable bonds is 0. The van der Waals surface area contributed by atoms with Crippen molar-refractivity contribution in [3.8, 4) is 5.75 Å². The van der Waals surface area contributed by atoms with Crippen LogP contribution in [0.15, 0.2) is 42.5 Å². The third kappa shape index (κ3) is 2.09. The Hall–Kier alpha value is -2.00. The number of aromatic hydroxyl groups is 1. The van der Waals surface area contributed by atoms with Crippen LogP contribution in [0.4, 0.5) is 5.69 Å². The van der Waals surface area contributed by atoms with E-state index in [0.717, 1.165) is 26.1 Å². The lowest BCUT2D eigenvalue weighted by atomic mass is 9.96. The quantitative estimate of drug-likeness (QED) is 0.804. The molecule has 2 heterocycles. The van der Waals surface area contributed by atoms with Crippen molar-refractivity contribution in [3.63, 3.8) is 0 Å². The molecule has 0 amide bonds. The lowest BCUT2D eigenvalue weighted by Gasteiger charge is -2.41. The molecule has 2 aliphatic rings. The highest BCUT2D eigenvalue weighted by Gasteiger charge is 2.32. The minimum atomic E-state index is 0.365. The van der Waals surface area contributed by atoms with Crippen molar-refractivity contribution in [2.24, 2.45) is 0 Å². The van der Waals surface area contributed by atoms with Crippen molar-refractivity contribution in [1.29, 1.82) is 0 Å². The van der Waals surface area contributed by atoms with E-state index in [1.165, 1.54) is 22.4 Å². The van der Waals surface area contributed by atoms with Gasteiger partial charge >= 0.3 is 0 Å². The minimum absolute atomic E-state index is 0.365. The first kappa shape index (κ1) is 12.7. The van der Waals surface area contributed by atoms with Crippen LogP contribution < -0.4 is 4.90 Å². The second kappa shape index (κ2) is 4.78. The van der Waals surface area contributed by atoms with E-state index in [2.05, 4.69) is 47.2 Å². The van der Waals surface area contributed by atoms with Gasteiger partial charge in [-0.05, 0) is 48.4 Å². The van der Waals surface area contributed by atoms with E-state index in [9.17, 15) is 5.11 Å². The molecule has 0 unspecified atom stereocenters. The molecule has 0 saturated carbocycles. The number of hydrogen-bond acceptors (Lipinski definition) is 3. The van der Waals surface area contributed by atoms with Crippen molar-refractivity contribution in [1.82, 2.24) is 4.90 Å². The average Bonchev–Trinajstić information content (AvgIpc) is 2.60. The number of piperazine rings is 1. The minimum Gasteiger partial charge on any atom is -0.508 e. The molecular weight excluding hydrogens is 260 g/mol. The predicted octanol–water partition coefficient (Wildman–Crippen LogP) is 2.79. The second-order valence-corrected chi connectivity index (χ2v) is 6.16. The Kier molecular flexibility index (Phi) is 2.89. The molecule has 2 aromatic carbocycles. The highest BCUT2D eigenvalue weighted by atomic mass is 16.3. The van der Waals surface area contributed by atoms with Crippen LogP contribution in [0, 0.1) is 0 Å². The fraction of sp³-hybridized carbons (Fsp3) is 0.333. The van der Waals surface area contributed by atoms with E-state index in [1.54, 1.807) is 0 Å². The molecule has 1 N–H and O–H groups in total. The Morgan fingerprint density at radius 2 is 1.90 bits per heavy atom. The standard InChI is InChI=1S/C18H20N2O/c1-19-8-9-20-17-5-3-2-4-13(17)10-14-11-15(21)6-7-16(14)18(20)12-19/h2-7,11,18,21H,8-10,12H2,1H3/t18-/m0/s1. The fourth-order valence-corrected chi connectivity index (χ4v) is 3.69. The maximum absolute atomic E-state index is 9.85. The molecule has 0 spiro atoms. The van der Waals surface area contributed by atoms with Gasteiger partial charge in [0.2, 0.25) is 0 Å². The van der Waals surface area contributed by atoms with Gasteiger partial charge in [-0.1, -0.05) is 24.3 Å². The van der Waals surface area contributed by atoms with E-state index in [-0.39, 0.29) is 0 Å². The van der Waals surface area contributed by atoms with Gasteiger partial charge in [-0.2, -0.15) is 0 Å². The van der Waals surface area contributed by atoms with E-state index in [1.807, 2.05) is 12.1 Å². The largest absolute Gasteiger partial charge is 0.508 e. The van der Waals surface area contributed by atoms with Crippen LogP contribution in [0.5, 0.6) is 5.75 Å². The first-order valence-electron chi connectivity index (χ1n) is 7.57. The number of nitrogens with zero attached hydrogens (tertiary/aromatic N) is 2. The maximum atomic E-state index is 9.85. The molecule has 108 valence electrons. The van der Waals surface area contributed by atoms with Crippen LogP contribution in [-0.4, -0.2) is 36.7 Å². The highest BCUT2D eigenvalue weighted by Crippen LogP contribution is 2.39. The first-order chi connectivity index (χ1) is 10.2. The van der Waals surface area contributed by atoms with Crippen LogP contribution in [-0.2, 0) is 6.42 Å². The molecule has 3 heteroatoms. The number of phenols is 1. The molecular formula is C18H20N2O. The lowest BCUT2D eigenvalue weighted by molar-refractivity contribution is 0.269. The van der Waals surface area contributed by atoms with Gasteiger partial charge in [0, 0.05) is 25.3 Å². The molecule has 0 radical (unpaired) electrons. The van der Waals surface area contributed by atoms with Crippen LogP contribution in [0.25, 0.3) is 0 Å². The zero-order valence-corrected chi connectivity index (χ0v) is 12.3. The predicted molar refractivity (Wildman–Crippen MR) is 84.9 cm³/mol. The Morgan fingerprint density at radius 3 is 2.81 bits per heavy atom. The topological polar surface area (TPSA) is 26.7 Å². The molecule has 21 heavy (non-hydrogen) atoms. The van der Waals surface area contributed by atoms with Crippen molar-refractivity contribution in [3.05, 3.63) is 59.2 Å². The van der Waals surface area contributed by atoms with Gasteiger partial charge in [0.05, 0.1) is 6.04 Å². The highest BCUT2D eigenvalue weighted by molar-refractivity contribution is 5.61. The maximum Gasteiger partial charge on any atom is 0.115 e. The fourth-order valence-electron chi connectivity index (χ4n) is 3.69. The Labute approximate surface area is 125 Å². The molecule has 1 atom stereocenters. The monoisotopic (exact) mass is 280 g/mol. The molecule has 1 fully saturated rings. The third-order valence-electron chi connectivity index (χ3n) is 4.75. The lowest BCUT2D eigenvalue weighted by Crippen LogP contribution is -2.46. The molecule has 3 nitrogen and oxygen atoms in total. The second-order valence-electron chi connectivity index (χ2n) is 6.16. The zero-order valence-electron chi connectivity index (χ0n) is 12.3. The number of phenolic OH excluding ortho intramolecular Hbond substituents is 1. The average molecular weight is 280 g/mol. The number of fused-ring (bicyclic) bond motifs is 5. The molecule has 2 aliphatic heterocycles. The van der Waals surface area contributed by atoms with Crippen LogP contribution in [0.2, 0.25) is 0 Å². The smallest absolute Gasteiger partial charge is 0.115 e. The summed E-state index contributed by atoms with van der Waals surface area (Å²) in [6.07, 6.45) is 0.899. The van der Waals surface area contributed by atoms with E-state index in [0.29, 0.717) is 11.8 Å². The summed E-state index contributed by atoms with van der Waals surface area (Å²) in [6.45, 7) is 3.18. The zero-order chi connectivity index (χ0) is 14.4. The summed E-state index contributed by atoms with van der Waals surface area (Å²) in [7, 11) is 2.19. The van der Waals surface area contributed by atoms with Crippen LogP contribution >= 0.6 is 0 Å². The van der Waals surface area contributed by atoms with Gasteiger partial charge in [0.25, 0.3) is 0 Å². The summed E-state index contributed by atoms with van der Waals surface area (Å²) in [5.74, 6) is 0.365. The van der Waals surface area contributed by atoms with Crippen LogP contribution in [0.1, 0.15) is 22.7 Å². The van der Waals surface area contributed by atoms with Crippen LogP contribution in [0.3, 0.4) is 0 Å². The van der Waals surface area contributed by atoms with Gasteiger partial charge in [-0.15, -0.1) is 0 Å². The van der Waals surface area contributed by atoms with E-state index in [4.69, 9.17) is 0 Å². The Morgan fingerprint density at radius 1 is 1.05 bits per heavy atom. The van der Waals surface area contributed by atoms with E-state index >= 15 is 0 Å². The van der Waals surface area contributed by atoms with Gasteiger partial charge in [-0.25, -0.2) is 0 Å². The van der Waals surface area contributed by atoms with Gasteiger partial charge in [-0.3, -0.25) is 0 Å². The molecule has 4 rings (SSSR count). The third-order valence-corrected chi connectivity index (χ3v) is 4.75. The Bertz CT molecular complexity index is 683. The summed E-state index contributed by atoms with van der Waals surface area (Å²) in [4.78, 5) is 4.93. The summed E-state index contributed by atoms with van der Waals surface area (Å²) in [5, 5.41) is 9.85. The number of para-hydroxylation sites is 1. The van der Waals surface area contributed by atoms with Crippen molar-refractivity contribution >= 4 is 5.69 Å². The number of benzene rings is 2. The SMILES string of the molecule is CN1CCN2c3ccccc3Cc3cc(O)ccc3[C@@H]2C1. The number of hydrogen-bond donors (Lipinski definition) is 1. The summed E-state index contributed by atoms with van der Waals surface area (Å²) in [6, 6.07) is 14.9. The molecule has 2 aromatic rings. The van der Waals surface area contributed by atoms with Gasteiger partial charge in [0.15, 0.2) is 0 Å². The molecule has 0 aliphatic carbocycles. The van der Waals surface area contributed by atoms with Crippen molar-refractivity contribution in [2.45, 2.75) is 12.5 Å². The first-order valence-corrected chi connectivity index (χ1v) is 7.57. The number of likely N-dealkylation sites (N-methyl/N-ethyl adjacent to an activating group) is 1. The Balaban J connectivity index is 1.91. The molecule has 0 aromatic heterocycles. The van der Waals surface area contributed by atoms with Crippen molar-refractivity contribution in [2.75, 3.05) is 31.6 Å². The summed E-state index contributed by atoms with van der Waals surface area (Å²) >= 11 is 0. The summed E-state index contributed by atoms with van der Waals surface area (Å²) in [5.41, 5.74) is 5.32. The number of anilines is 1. The van der Waals surface area contributed by atoms with Gasteiger partial charge < -0.3 is 14.9 Å². The van der Waals surface area contributed by atoms with E-state index < -0.39 is 0 Å². The van der Waals surface area contributed by atoms with Gasteiger partial charge in [0.1, 0.15) is 5.75 Å². The normalized spacial score (nSPS) is 21.2. The molecule has 0 bridgehead atoms. The summed E-state index contributed by atoms with van der Waals surface area (Å²) < 4.78 is 0.